The summed E-state index contributed by atoms with van der Waals surface area (Å²) in [6, 6.07) is 0. The fourth-order valence-corrected chi connectivity index (χ4v) is 4.17. The van der Waals surface area contributed by atoms with Crippen LogP contribution >= 0.6 is 0 Å². The molecule has 0 N–H and O–H groups in total. The lowest BCUT2D eigenvalue weighted by Crippen LogP contribution is -2.68. The minimum atomic E-state index is 0.00696. The quantitative estimate of drug-likeness (QED) is 0.457. The van der Waals surface area contributed by atoms with E-state index in [1.54, 1.807) is 27.7 Å². The second kappa shape index (κ2) is 11.8. The topological polar surface area (TPSA) is 81.2 Å². The van der Waals surface area contributed by atoms with Crippen LogP contribution in [0.2, 0.25) is 0 Å². The molecule has 1 rings (SSSR count). The predicted molar refractivity (Wildman–Crippen MR) is 137 cm³/mol. The van der Waals surface area contributed by atoms with Gasteiger partial charge in [0.25, 0.3) is 0 Å². The molecule has 1 fully saturated rings. The fourth-order valence-electron chi connectivity index (χ4n) is 4.17. The van der Waals surface area contributed by atoms with Crippen LogP contribution in [0.5, 0.6) is 0 Å². The van der Waals surface area contributed by atoms with Gasteiger partial charge in [0.05, 0.1) is 136 Å². The molecule has 0 bridgehead atoms. The first-order valence-corrected chi connectivity index (χ1v) is 12.6. The lowest BCUT2D eigenvalue weighted by molar-refractivity contribution is -0.957. The Hall–Kier alpha value is -1.64. The van der Waals surface area contributed by atoms with Crippen LogP contribution in [0, 0.1) is 0 Å². The summed E-state index contributed by atoms with van der Waals surface area (Å²) in [5, 5.41) is 8.38. The van der Waals surface area contributed by atoms with Crippen molar-refractivity contribution >= 4 is 23.6 Å². The zero-order valence-electron chi connectivity index (χ0n) is 24.9. The molecule has 4 amide bonds. The minimum Gasteiger partial charge on any atom is -0.229 e. The van der Waals surface area contributed by atoms with Gasteiger partial charge in [-0.2, -0.15) is 18.4 Å². The summed E-state index contributed by atoms with van der Waals surface area (Å²) in [6.07, 6.45) is 0. The Bertz CT molecular complexity index is 688. The Kier molecular flexibility index (Phi) is 10.6. The Labute approximate surface area is 218 Å². The Balaban J connectivity index is 3.53. The van der Waals surface area contributed by atoms with Crippen molar-refractivity contribution in [3.8, 4) is 0 Å². The molecule has 0 spiro atoms. The lowest BCUT2D eigenvalue weighted by Gasteiger charge is -2.45. The van der Waals surface area contributed by atoms with E-state index in [1.807, 2.05) is 56.4 Å². The van der Waals surface area contributed by atoms with Gasteiger partial charge in [0, 0.05) is 0 Å². The average molecular weight is 517 g/mol. The van der Waals surface area contributed by atoms with Gasteiger partial charge in [0.1, 0.15) is 0 Å². The summed E-state index contributed by atoms with van der Waals surface area (Å²) in [4.78, 5) is 50.3. The number of carbonyl (C=O) groups excluding carboxylic acids is 4. The molecule has 0 unspecified atom stereocenters. The van der Waals surface area contributed by atoms with Crippen LogP contribution in [0.4, 0.5) is 0 Å². The average Bonchev–Trinajstić information content (AvgIpc) is 2.72. The molecule has 1 aliphatic heterocycles. The van der Waals surface area contributed by atoms with Gasteiger partial charge in [-0.1, -0.05) is 0 Å². The largest absolute Gasteiger partial charge is 0.329 e. The molecule has 0 saturated carbocycles. The van der Waals surface area contributed by atoms with E-state index >= 15 is 0 Å². The molecule has 12 nitrogen and oxygen atoms in total. The van der Waals surface area contributed by atoms with E-state index in [9.17, 15) is 19.2 Å². The Morgan fingerprint density at radius 2 is 0.472 bits per heavy atom. The molecule has 0 aliphatic carbocycles. The second-order valence-electron chi connectivity index (χ2n) is 11.5. The summed E-state index contributed by atoms with van der Waals surface area (Å²) < 4.78 is 0.290. The highest BCUT2D eigenvalue weighted by molar-refractivity contribution is 5.66. The highest BCUT2D eigenvalue weighted by atomic mass is 16.2. The maximum absolute atomic E-state index is 12.6. The van der Waals surface area contributed by atoms with Crippen LogP contribution in [0.25, 0.3) is 0 Å². The van der Waals surface area contributed by atoms with Gasteiger partial charge in [-0.15, -0.1) is 20.0 Å². The maximum Gasteiger partial charge on any atom is 0.329 e. The first kappa shape index (κ1) is 32.4. The number of hydrogen-bond donors (Lipinski definition) is 0. The van der Waals surface area contributed by atoms with E-state index in [2.05, 4.69) is 20.0 Å². The zero-order chi connectivity index (χ0) is 28.3. The van der Waals surface area contributed by atoms with Crippen molar-refractivity contribution in [3.63, 3.8) is 0 Å². The summed E-state index contributed by atoms with van der Waals surface area (Å²) in [6.45, 7) is 10.7. The van der Waals surface area contributed by atoms with Crippen molar-refractivity contribution in [3.05, 3.63) is 0 Å². The molecule has 0 atom stereocenters. The number of hydrogen-bond acceptors (Lipinski definition) is 8. The van der Waals surface area contributed by atoms with Crippen molar-refractivity contribution in [1.82, 2.24) is 20.0 Å². The molecule has 36 heavy (non-hydrogen) atoms. The van der Waals surface area contributed by atoms with Crippen LogP contribution in [0.1, 0.15) is 27.7 Å². The van der Waals surface area contributed by atoms with Gasteiger partial charge in [-0.3, -0.25) is 0 Å². The standard InChI is InChI=1S/C24H52N8O4/c1-21(33)29(5,6)25-13-15-26(30(7,8)22(2)34)17-19-28(32(11,12)24(4)36)20-18-27(16-14-25)31(9,10)23(3)35/h13-20H2,1-12H3/q+4. The molecule has 0 aromatic heterocycles. The summed E-state index contributed by atoms with van der Waals surface area (Å²) in [5.74, 6) is 0.0278. The van der Waals surface area contributed by atoms with Crippen molar-refractivity contribution in [2.24, 2.45) is 0 Å². The molecule has 1 heterocycles. The normalized spacial score (nSPS) is 19.9. The number of carbonyl (C=O) groups is 4. The molecule has 208 valence electrons. The van der Waals surface area contributed by atoms with Crippen LogP contribution in [-0.2, 0) is 19.2 Å². The summed E-state index contributed by atoms with van der Waals surface area (Å²) in [7, 11) is 14.9. The van der Waals surface area contributed by atoms with Crippen molar-refractivity contribution in [2.75, 3.05) is 109 Å². The van der Waals surface area contributed by atoms with Gasteiger partial charge in [0.2, 0.25) is 0 Å². The molecule has 0 radical (unpaired) electrons. The third-order valence-corrected chi connectivity index (χ3v) is 8.38. The smallest absolute Gasteiger partial charge is 0.229 e. The molecule has 1 saturated heterocycles. The van der Waals surface area contributed by atoms with Crippen molar-refractivity contribution in [2.45, 2.75) is 27.7 Å². The molecule has 1 aliphatic rings. The molecule has 12 heteroatoms. The maximum atomic E-state index is 12.6. The van der Waals surface area contributed by atoms with Gasteiger partial charge in [-0.25, -0.2) is 19.2 Å². The van der Waals surface area contributed by atoms with Gasteiger partial charge in [0.15, 0.2) is 0 Å². The van der Waals surface area contributed by atoms with Crippen molar-refractivity contribution < 1.29 is 37.5 Å². The lowest BCUT2D eigenvalue weighted by atomic mass is 10.3. The number of rotatable bonds is 4. The van der Waals surface area contributed by atoms with E-state index < -0.39 is 0 Å². The van der Waals surface area contributed by atoms with Crippen molar-refractivity contribution in [1.29, 1.82) is 0 Å². The van der Waals surface area contributed by atoms with Crippen LogP contribution < -0.4 is 0 Å². The molecular weight excluding hydrogens is 464 g/mol. The SMILES string of the molecule is CC(=O)[N+](C)(C)N1CCN([N+](C)(C)C(C)=O)CCN([N+](C)(C)C(C)=O)CCN([N+](C)(C)C(C)=O)CC1. The third kappa shape index (κ3) is 7.23. The minimum absolute atomic E-state index is 0.00696. The Morgan fingerprint density at radius 1 is 0.361 bits per heavy atom. The number of amides is 4. The highest BCUT2D eigenvalue weighted by Gasteiger charge is 2.41. The van der Waals surface area contributed by atoms with E-state index in [4.69, 9.17) is 0 Å². The van der Waals surface area contributed by atoms with Gasteiger partial charge >= 0.3 is 23.6 Å². The van der Waals surface area contributed by atoms with E-state index in [-0.39, 0.29) is 42.0 Å². The Morgan fingerprint density at radius 3 is 0.556 bits per heavy atom. The second-order valence-corrected chi connectivity index (χ2v) is 11.5. The third-order valence-electron chi connectivity index (χ3n) is 8.38. The monoisotopic (exact) mass is 516 g/mol. The predicted octanol–water partition coefficient (Wildman–Crippen LogP) is -0.640. The summed E-state index contributed by atoms with van der Waals surface area (Å²) in [5.41, 5.74) is 0. The van der Waals surface area contributed by atoms with Crippen LogP contribution in [0.15, 0.2) is 0 Å². The zero-order valence-corrected chi connectivity index (χ0v) is 24.9. The summed E-state index contributed by atoms with van der Waals surface area (Å²) >= 11 is 0. The first-order valence-electron chi connectivity index (χ1n) is 12.6. The molecule has 0 aromatic carbocycles. The van der Waals surface area contributed by atoms with E-state index in [1.165, 1.54) is 0 Å². The van der Waals surface area contributed by atoms with Crippen LogP contribution in [-0.4, -0.2) is 171 Å². The fraction of sp³-hybridized carbons (Fsp3) is 0.833. The highest BCUT2D eigenvalue weighted by Crippen LogP contribution is 2.16. The van der Waals surface area contributed by atoms with Crippen LogP contribution in [0.3, 0.4) is 0 Å². The number of nitrogens with zero attached hydrogens (tertiary/aromatic N) is 8. The van der Waals surface area contributed by atoms with E-state index in [0.717, 1.165) is 0 Å². The number of quaternary nitrogens is 4. The molecular formula is C24H52N8O4+4. The van der Waals surface area contributed by atoms with Gasteiger partial charge < -0.3 is 0 Å². The molecule has 0 aromatic rings. The van der Waals surface area contributed by atoms with Gasteiger partial charge in [-0.05, 0) is 0 Å². The first-order chi connectivity index (χ1) is 16.2. The van der Waals surface area contributed by atoms with E-state index in [0.29, 0.717) is 52.4 Å².